The van der Waals surface area contributed by atoms with Crippen LogP contribution in [0, 0.1) is 5.92 Å². The van der Waals surface area contributed by atoms with E-state index in [-0.39, 0.29) is 5.56 Å². The van der Waals surface area contributed by atoms with Crippen molar-refractivity contribution in [3.8, 4) is 0 Å². The minimum absolute atomic E-state index is 0.291. The summed E-state index contributed by atoms with van der Waals surface area (Å²) in [5.41, 5.74) is 4.87. The minimum Gasteiger partial charge on any atom is -0.409 e. The molecule has 1 aliphatic rings. The van der Waals surface area contributed by atoms with Crippen molar-refractivity contribution in [2.75, 3.05) is 18.0 Å². The molecule has 0 spiro atoms. The van der Waals surface area contributed by atoms with Crippen LogP contribution in [0.2, 0.25) is 0 Å². The number of hydrogen-bond acceptors (Lipinski definition) is 3. The van der Waals surface area contributed by atoms with Crippen LogP contribution < -0.4 is 10.6 Å². The fraction of sp³-hybridized carbons (Fsp3) is 0.500. The highest BCUT2D eigenvalue weighted by Crippen LogP contribution is 2.34. The van der Waals surface area contributed by atoms with Gasteiger partial charge in [-0.2, -0.15) is 13.2 Å². The van der Waals surface area contributed by atoms with Crippen LogP contribution in [0.15, 0.2) is 23.4 Å². The molecule has 1 aromatic rings. The Morgan fingerprint density at radius 3 is 2.71 bits per heavy atom. The monoisotopic (exact) mass is 301 g/mol. The molecule has 1 aliphatic heterocycles. The highest BCUT2D eigenvalue weighted by Gasteiger charge is 2.35. The second-order valence-corrected chi connectivity index (χ2v) is 5.41. The largest absolute Gasteiger partial charge is 0.417 e. The molecular weight excluding hydrogens is 283 g/mol. The van der Waals surface area contributed by atoms with E-state index in [1.54, 1.807) is 0 Å². The van der Waals surface area contributed by atoms with E-state index >= 15 is 0 Å². The first-order valence-corrected chi connectivity index (χ1v) is 6.77. The van der Waals surface area contributed by atoms with Gasteiger partial charge in [-0.25, -0.2) is 0 Å². The molecule has 1 fully saturated rings. The third kappa shape index (κ3) is 3.40. The Kier molecular flexibility index (Phi) is 4.29. The molecule has 0 aromatic heterocycles. The third-order valence-electron chi connectivity index (χ3n) is 3.71. The molecule has 116 valence electrons. The third-order valence-corrected chi connectivity index (χ3v) is 3.71. The second kappa shape index (κ2) is 5.83. The van der Waals surface area contributed by atoms with Gasteiger partial charge < -0.3 is 15.8 Å². The maximum atomic E-state index is 13.0. The minimum atomic E-state index is -4.54. The predicted octanol–water partition coefficient (Wildman–Crippen LogP) is 3.04. The molecule has 3 N–H and O–H groups in total. The number of amidine groups is 1. The molecule has 1 saturated heterocycles. The van der Waals surface area contributed by atoms with Gasteiger partial charge in [-0.15, -0.1) is 0 Å². The SMILES string of the molecule is CC1CCCN(c2ccc(C(F)(F)F)c(/C(N)=N/O)c2)C1. The molecule has 21 heavy (non-hydrogen) atoms. The van der Waals surface area contributed by atoms with E-state index in [1.165, 1.54) is 12.1 Å². The lowest BCUT2D eigenvalue weighted by Gasteiger charge is -2.33. The lowest BCUT2D eigenvalue weighted by atomic mass is 9.98. The number of hydrogen-bond donors (Lipinski definition) is 2. The van der Waals surface area contributed by atoms with E-state index in [2.05, 4.69) is 12.1 Å². The highest BCUT2D eigenvalue weighted by atomic mass is 19.4. The first kappa shape index (κ1) is 15.5. The van der Waals surface area contributed by atoms with E-state index in [0.29, 0.717) is 11.6 Å². The molecule has 0 amide bonds. The number of oxime groups is 1. The summed E-state index contributed by atoms with van der Waals surface area (Å²) in [4.78, 5) is 2.03. The van der Waals surface area contributed by atoms with Crippen molar-refractivity contribution in [3.63, 3.8) is 0 Å². The number of nitrogens with zero attached hydrogens (tertiary/aromatic N) is 2. The molecule has 1 aromatic carbocycles. The summed E-state index contributed by atoms with van der Waals surface area (Å²) in [5, 5.41) is 11.4. The van der Waals surface area contributed by atoms with Gasteiger partial charge in [-0.3, -0.25) is 0 Å². The van der Waals surface area contributed by atoms with Gasteiger partial charge in [0.15, 0.2) is 5.84 Å². The van der Waals surface area contributed by atoms with Crippen LogP contribution in [-0.4, -0.2) is 24.1 Å². The van der Waals surface area contributed by atoms with Crippen LogP contribution in [0.25, 0.3) is 0 Å². The number of nitrogens with two attached hydrogens (primary N) is 1. The number of benzene rings is 1. The average Bonchev–Trinajstić information content (AvgIpc) is 2.45. The fourth-order valence-electron chi connectivity index (χ4n) is 2.67. The maximum absolute atomic E-state index is 13.0. The smallest absolute Gasteiger partial charge is 0.409 e. The Bertz CT molecular complexity index is 543. The zero-order chi connectivity index (χ0) is 15.6. The summed E-state index contributed by atoms with van der Waals surface area (Å²) in [6.07, 6.45) is -2.43. The zero-order valence-electron chi connectivity index (χ0n) is 11.7. The summed E-state index contributed by atoms with van der Waals surface area (Å²) < 4.78 is 38.9. The number of anilines is 1. The topological polar surface area (TPSA) is 61.8 Å². The van der Waals surface area contributed by atoms with Crippen LogP contribution in [0.5, 0.6) is 0 Å². The van der Waals surface area contributed by atoms with Crippen molar-refractivity contribution in [2.45, 2.75) is 25.9 Å². The van der Waals surface area contributed by atoms with E-state index < -0.39 is 17.6 Å². The lowest BCUT2D eigenvalue weighted by molar-refractivity contribution is -0.137. The summed E-state index contributed by atoms with van der Waals surface area (Å²) in [7, 11) is 0. The van der Waals surface area contributed by atoms with Gasteiger partial charge >= 0.3 is 6.18 Å². The van der Waals surface area contributed by atoms with Crippen LogP contribution in [0.1, 0.15) is 30.9 Å². The van der Waals surface area contributed by atoms with Gasteiger partial charge in [0, 0.05) is 24.3 Å². The standard InChI is InChI=1S/C14H18F3N3O/c1-9-3-2-6-20(8-9)10-4-5-12(14(15,16)17)11(7-10)13(18)19-21/h4-5,7,9,21H,2-3,6,8H2,1H3,(H2,18,19). The average molecular weight is 301 g/mol. The van der Waals surface area contributed by atoms with Crippen molar-refractivity contribution < 1.29 is 18.4 Å². The molecule has 0 saturated carbocycles. The van der Waals surface area contributed by atoms with Crippen molar-refractivity contribution in [2.24, 2.45) is 16.8 Å². The van der Waals surface area contributed by atoms with E-state index in [1.807, 2.05) is 4.90 Å². The summed E-state index contributed by atoms with van der Waals surface area (Å²) in [6, 6.07) is 3.77. The Labute approximate surface area is 121 Å². The highest BCUT2D eigenvalue weighted by molar-refractivity contribution is 5.99. The fourth-order valence-corrected chi connectivity index (χ4v) is 2.67. The van der Waals surface area contributed by atoms with Crippen molar-refractivity contribution in [1.29, 1.82) is 0 Å². The maximum Gasteiger partial charge on any atom is 0.417 e. The van der Waals surface area contributed by atoms with Crippen molar-refractivity contribution >= 4 is 11.5 Å². The molecule has 7 heteroatoms. The summed E-state index contributed by atoms with van der Waals surface area (Å²) in [6.45, 7) is 3.70. The normalized spacial score (nSPS) is 20.7. The number of alkyl halides is 3. The number of halogens is 3. The van der Waals surface area contributed by atoms with Gasteiger partial charge in [0.25, 0.3) is 0 Å². The Morgan fingerprint density at radius 1 is 1.43 bits per heavy atom. The quantitative estimate of drug-likeness (QED) is 0.382. The van der Waals surface area contributed by atoms with Crippen molar-refractivity contribution in [1.82, 2.24) is 0 Å². The molecular formula is C14H18F3N3O. The molecule has 2 rings (SSSR count). The van der Waals surface area contributed by atoms with Crippen LogP contribution in [-0.2, 0) is 6.18 Å². The molecule has 1 unspecified atom stereocenters. The lowest BCUT2D eigenvalue weighted by Crippen LogP contribution is -2.34. The van der Waals surface area contributed by atoms with Crippen LogP contribution in [0.3, 0.4) is 0 Å². The van der Waals surface area contributed by atoms with Gasteiger partial charge in [0.2, 0.25) is 0 Å². The molecule has 0 radical (unpaired) electrons. The predicted molar refractivity (Wildman–Crippen MR) is 74.6 cm³/mol. The summed E-state index contributed by atoms with van der Waals surface area (Å²) >= 11 is 0. The van der Waals surface area contributed by atoms with Crippen LogP contribution >= 0.6 is 0 Å². The Balaban J connectivity index is 2.42. The van der Waals surface area contributed by atoms with Gasteiger partial charge in [-0.05, 0) is 37.0 Å². The zero-order valence-corrected chi connectivity index (χ0v) is 11.7. The van der Waals surface area contributed by atoms with Crippen molar-refractivity contribution in [3.05, 3.63) is 29.3 Å². The molecule has 1 heterocycles. The molecule has 1 atom stereocenters. The van der Waals surface area contributed by atoms with E-state index in [4.69, 9.17) is 10.9 Å². The molecule has 0 bridgehead atoms. The van der Waals surface area contributed by atoms with Gasteiger partial charge in [0.05, 0.1) is 5.56 Å². The Hall–Kier alpha value is -1.92. The first-order chi connectivity index (χ1) is 9.82. The number of piperidine rings is 1. The van der Waals surface area contributed by atoms with Gasteiger partial charge in [-0.1, -0.05) is 12.1 Å². The van der Waals surface area contributed by atoms with Gasteiger partial charge in [0.1, 0.15) is 0 Å². The summed E-state index contributed by atoms with van der Waals surface area (Å²) in [5.74, 6) is -0.0393. The first-order valence-electron chi connectivity index (χ1n) is 6.77. The van der Waals surface area contributed by atoms with E-state index in [0.717, 1.165) is 32.0 Å². The van der Waals surface area contributed by atoms with E-state index in [9.17, 15) is 13.2 Å². The second-order valence-electron chi connectivity index (χ2n) is 5.41. The van der Waals surface area contributed by atoms with Crippen LogP contribution in [0.4, 0.5) is 18.9 Å². The molecule has 4 nitrogen and oxygen atoms in total. The Morgan fingerprint density at radius 2 is 2.14 bits per heavy atom. The number of rotatable bonds is 2. The molecule has 0 aliphatic carbocycles.